The molecule has 0 aliphatic carbocycles. The van der Waals surface area contributed by atoms with Crippen LogP contribution < -0.4 is 5.73 Å². The third kappa shape index (κ3) is 1.90. The van der Waals surface area contributed by atoms with Crippen molar-refractivity contribution in [2.24, 2.45) is 11.7 Å². The van der Waals surface area contributed by atoms with E-state index < -0.39 is 0 Å². The van der Waals surface area contributed by atoms with Crippen LogP contribution in [0, 0.1) is 5.92 Å². The van der Waals surface area contributed by atoms with E-state index in [9.17, 15) is 0 Å². The molecule has 0 aromatic heterocycles. The molecular weight excluding hydrogens is 224 g/mol. The zero-order valence-corrected chi connectivity index (χ0v) is 11.9. The zero-order valence-electron chi connectivity index (χ0n) is 11.9. The maximum absolute atomic E-state index is 6.25. The molecule has 0 saturated carbocycles. The van der Waals surface area contributed by atoms with Crippen LogP contribution in [0.2, 0.25) is 0 Å². The lowest BCUT2D eigenvalue weighted by atomic mass is 9.77. The second-order valence-corrected chi connectivity index (χ2v) is 6.70. The summed E-state index contributed by atoms with van der Waals surface area (Å²) in [6.07, 6.45) is 3.96. The first kappa shape index (κ1) is 12.9. The Labute approximate surface area is 111 Å². The first-order valence-electron chi connectivity index (χ1n) is 7.49. The van der Waals surface area contributed by atoms with Crippen molar-refractivity contribution in [2.45, 2.75) is 30.8 Å². The van der Waals surface area contributed by atoms with E-state index in [1.54, 1.807) is 0 Å². The number of piperidine rings is 1. The van der Waals surface area contributed by atoms with E-state index in [4.69, 9.17) is 5.73 Å². The Morgan fingerprint density at radius 3 is 2.67 bits per heavy atom. The molecule has 104 valence electrons. The third-order valence-electron chi connectivity index (χ3n) is 5.77. The van der Waals surface area contributed by atoms with Gasteiger partial charge in [-0.2, -0.15) is 0 Å². The molecule has 0 amide bonds. The van der Waals surface area contributed by atoms with Gasteiger partial charge in [0.15, 0.2) is 0 Å². The summed E-state index contributed by atoms with van der Waals surface area (Å²) in [4.78, 5) is 7.75. The van der Waals surface area contributed by atoms with E-state index in [0.717, 1.165) is 18.5 Å². The Kier molecular flexibility index (Phi) is 3.39. The molecule has 3 heterocycles. The summed E-state index contributed by atoms with van der Waals surface area (Å²) < 4.78 is 0. The van der Waals surface area contributed by atoms with Crippen molar-refractivity contribution in [3.8, 4) is 0 Å². The molecule has 4 nitrogen and oxygen atoms in total. The molecule has 0 aromatic rings. The zero-order chi connectivity index (χ0) is 12.8. The van der Waals surface area contributed by atoms with Gasteiger partial charge >= 0.3 is 0 Å². The smallest absolute Gasteiger partial charge is 0.0385 e. The molecule has 3 saturated heterocycles. The fourth-order valence-corrected chi connectivity index (χ4v) is 4.41. The molecule has 3 aliphatic heterocycles. The van der Waals surface area contributed by atoms with Gasteiger partial charge in [-0.25, -0.2) is 0 Å². The van der Waals surface area contributed by atoms with Crippen molar-refractivity contribution in [2.75, 3.05) is 53.4 Å². The summed E-state index contributed by atoms with van der Waals surface area (Å²) in [5.41, 5.74) is 6.57. The lowest BCUT2D eigenvalue weighted by Crippen LogP contribution is -2.61. The van der Waals surface area contributed by atoms with E-state index in [2.05, 4.69) is 28.8 Å². The van der Waals surface area contributed by atoms with E-state index >= 15 is 0 Å². The molecule has 0 radical (unpaired) electrons. The molecule has 18 heavy (non-hydrogen) atoms. The first-order valence-corrected chi connectivity index (χ1v) is 7.49. The molecule has 4 heteroatoms. The van der Waals surface area contributed by atoms with Crippen molar-refractivity contribution in [1.29, 1.82) is 0 Å². The molecule has 2 bridgehead atoms. The highest BCUT2D eigenvalue weighted by Gasteiger charge is 2.50. The summed E-state index contributed by atoms with van der Waals surface area (Å²) >= 11 is 0. The van der Waals surface area contributed by atoms with Crippen LogP contribution in [0.15, 0.2) is 0 Å². The molecule has 3 aliphatic rings. The van der Waals surface area contributed by atoms with Crippen molar-refractivity contribution in [3.05, 3.63) is 0 Å². The van der Waals surface area contributed by atoms with Crippen molar-refractivity contribution < 1.29 is 0 Å². The van der Waals surface area contributed by atoms with E-state index in [-0.39, 0.29) is 0 Å². The van der Waals surface area contributed by atoms with Crippen LogP contribution in [0.25, 0.3) is 0 Å². The van der Waals surface area contributed by atoms with Crippen LogP contribution in [0.3, 0.4) is 0 Å². The minimum atomic E-state index is 0.317. The summed E-state index contributed by atoms with van der Waals surface area (Å²) in [6.45, 7) is 7.18. The normalized spacial score (nSPS) is 45.0. The predicted octanol–water partition coefficient (Wildman–Crippen LogP) is 0.0454. The third-order valence-corrected chi connectivity index (χ3v) is 5.77. The maximum Gasteiger partial charge on any atom is 0.0385 e. The van der Waals surface area contributed by atoms with Gasteiger partial charge in [0.1, 0.15) is 0 Å². The minimum absolute atomic E-state index is 0.317. The number of likely N-dealkylation sites (tertiary alicyclic amines) is 1. The van der Waals surface area contributed by atoms with Crippen LogP contribution in [-0.4, -0.2) is 79.6 Å². The predicted molar refractivity (Wildman–Crippen MR) is 74.6 cm³/mol. The van der Waals surface area contributed by atoms with Crippen LogP contribution in [-0.2, 0) is 0 Å². The molecule has 4 unspecified atom stereocenters. The number of hydrogen-bond donors (Lipinski definition) is 1. The van der Waals surface area contributed by atoms with Crippen molar-refractivity contribution in [3.63, 3.8) is 0 Å². The number of rotatable bonds is 3. The molecule has 0 aromatic carbocycles. The number of likely N-dealkylation sites (N-methyl/N-ethyl adjacent to an activating group) is 1. The van der Waals surface area contributed by atoms with Gasteiger partial charge in [0, 0.05) is 37.8 Å². The van der Waals surface area contributed by atoms with Crippen LogP contribution >= 0.6 is 0 Å². The summed E-state index contributed by atoms with van der Waals surface area (Å²) in [6, 6.07) is 0.729. The average molecular weight is 252 g/mol. The number of hydrogen-bond acceptors (Lipinski definition) is 4. The van der Waals surface area contributed by atoms with Gasteiger partial charge in [0.05, 0.1) is 0 Å². The summed E-state index contributed by atoms with van der Waals surface area (Å²) in [7, 11) is 4.42. The molecule has 3 rings (SSSR count). The number of fused-ring (bicyclic) bond motifs is 2. The lowest BCUT2D eigenvalue weighted by Gasteiger charge is -2.49. The topological polar surface area (TPSA) is 35.7 Å². The van der Waals surface area contributed by atoms with E-state index in [1.165, 1.54) is 52.0 Å². The highest BCUT2D eigenvalue weighted by molar-refractivity contribution is 5.07. The van der Waals surface area contributed by atoms with E-state index in [1.807, 2.05) is 0 Å². The van der Waals surface area contributed by atoms with Gasteiger partial charge in [0.2, 0.25) is 0 Å². The largest absolute Gasteiger partial charge is 0.329 e. The van der Waals surface area contributed by atoms with Gasteiger partial charge < -0.3 is 15.5 Å². The Morgan fingerprint density at radius 2 is 2.00 bits per heavy atom. The fraction of sp³-hybridized carbons (Fsp3) is 1.00. The van der Waals surface area contributed by atoms with E-state index in [0.29, 0.717) is 5.54 Å². The number of nitrogens with zero attached hydrogens (tertiary/aromatic N) is 3. The lowest BCUT2D eigenvalue weighted by molar-refractivity contribution is 0.0210. The van der Waals surface area contributed by atoms with Gasteiger partial charge in [0.25, 0.3) is 0 Å². The average Bonchev–Trinajstić information content (AvgIpc) is 2.99. The van der Waals surface area contributed by atoms with Gasteiger partial charge in [-0.3, -0.25) is 4.90 Å². The monoisotopic (exact) mass is 252 g/mol. The molecule has 3 fully saturated rings. The number of nitrogens with two attached hydrogens (primary N) is 1. The Hall–Kier alpha value is -0.160. The van der Waals surface area contributed by atoms with Gasteiger partial charge in [-0.05, 0) is 52.4 Å². The Balaban J connectivity index is 1.76. The standard InChI is InChI=1S/C14H28N4/c1-16(2)13-4-7-18(10-13)14(11-15)5-8-17-6-3-12(14)9-17/h12-13H,3-11,15H2,1-2H3. The van der Waals surface area contributed by atoms with Gasteiger partial charge in [-0.1, -0.05) is 0 Å². The van der Waals surface area contributed by atoms with Gasteiger partial charge in [-0.15, -0.1) is 0 Å². The Morgan fingerprint density at radius 1 is 1.17 bits per heavy atom. The minimum Gasteiger partial charge on any atom is -0.329 e. The highest BCUT2D eigenvalue weighted by atomic mass is 15.3. The van der Waals surface area contributed by atoms with Crippen LogP contribution in [0.1, 0.15) is 19.3 Å². The maximum atomic E-state index is 6.25. The Bertz CT molecular complexity index is 306. The van der Waals surface area contributed by atoms with Crippen molar-refractivity contribution in [1.82, 2.24) is 14.7 Å². The molecule has 2 N–H and O–H groups in total. The van der Waals surface area contributed by atoms with Crippen LogP contribution in [0.4, 0.5) is 0 Å². The molecule has 0 spiro atoms. The SMILES string of the molecule is CN(C)C1CCN(C2(CN)CCN3CCC2C3)C1. The molecular formula is C14H28N4. The fourth-order valence-electron chi connectivity index (χ4n) is 4.41. The first-order chi connectivity index (χ1) is 8.65. The van der Waals surface area contributed by atoms with Crippen LogP contribution in [0.5, 0.6) is 0 Å². The summed E-state index contributed by atoms with van der Waals surface area (Å²) in [5.74, 6) is 0.817. The second-order valence-electron chi connectivity index (χ2n) is 6.70. The summed E-state index contributed by atoms with van der Waals surface area (Å²) in [5, 5.41) is 0. The highest BCUT2D eigenvalue weighted by Crippen LogP contribution is 2.41. The quantitative estimate of drug-likeness (QED) is 0.770. The van der Waals surface area contributed by atoms with Crippen molar-refractivity contribution >= 4 is 0 Å². The second kappa shape index (κ2) is 4.75. The molecule has 4 atom stereocenters.